The molecule has 0 aromatic carbocycles. The second-order valence-corrected chi connectivity index (χ2v) is 6.04. The Hall–Kier alpha value is -1.43. The summed E-state index contributed by atoms with van der Waals surface area (Å²) in [5, 5.41) is 3.85. The van der Waals surface area contributed by atoms with Crippen LogP contribution >= 0.6 is 11.3 Å². The van der Waals surface area contributed by atoms with Crippen molar-refractivity contribution in [3.05, 3.63) is 10.6 Å². The van der Waals surface area contributed by atoms with Gasteiger partial charge in [-0.05, 0) is 12.3 Å². The number of carbonyl (C=O) groups is 2. The molecule has 0 bridgehead atoms. The summed E-state index contributed by atoms with van der Waals surface area (Å²) >= 11 is 1.22. The quantitative estimate of drug-likeness (QED) is 0.555. The number of thiazole rings is 1. The number of nitrogens with one attached hydrogen (secondary N) is 1. The highest BCUT2D eigenvalue weighted by atomic mass is 32.1. The molecule has 1 heterocycles. The van der Waals surface area contributed by atoms with Crippen LogP contribution < -0.4 is 5.32 Å². The fourth-order valence-corrected chi connectivity index (χ4v) is 2.90. The minimum Gasteiger partial charge on any atom is -0.464 e. The van der Waals surface area contributed by atoms with Crippen molar-refractivity contribution in [2.75, 3.05) is 19.0 Å². The zero-order valence-corrected chi connectivity index (χ0v) is 14.0. The number of hydrogen-bond donors (Lipinski definition) is 1. The molecule has 0 radical (unpaired) electrons. The van der Waals surface area contributed by atoms with Gasteiger partial charge in [-0.3, -0.25) is 4.79 Å². The molecule has 0 fully saturated rings. The highest BCUT2D eigenvalue weighted by Gasteiger charge is 2.22. The molecule has 0 aliphatic carbocycles. The summed E-state index contributed by atoms with van der Waals surface area (Å²) < 4.78 is 4.67. The molecular weight excluding hydrogens is 288 g/mol. The number of aromatic nitrogens is 1. The van der Waals surface area contributed by atoms with Crippen LogP contribution in [0.2, 0.25) is 0 Å². The van der Waals surface area contributed by atoms with Gasteiger partial charge in [-0.25, -0.2) is 9.78 Å². The Morgan fingerprint density at radius 3 is 2.62 bits per heavy atom. The summed E-state index contributed by atoms with van der Waals surface area (Å²) in [4.78, 5) is 27.8. The molecule has 1 unspecified atom stereocenters. The number of unbranched alkanes of at least 4 members (excludes halogenated alkanes) is 1. The predicted molar refractivity (Wildman–Crippen MR) is 85.3 cm³/mol. The van der Waals surface area contributed by atoms with E-state index in [9.17, 15) is 9.59 Å². The number of carbonyl (C=O) groups excluding carboxylic acids is 2. The lowest BCUT2D eigenvalue weighted by molar-refractivity contribution is 0.0591. The Bertz CT molecular complexity index is 485. The topological polar surface area (TPSA) is 68.3 Å². The van der Waals surface area contributed by atoms with Crippen LogP contribution in [0.4, 0.5) is 5.13 Å². The van der Waals surface area contributed by atoms with Gasteiger partial charge in [0.1, 0.15) is 4.88 Å². The number of hydrogen-bond acceptors (Lipinski definition) is 6. The van der Waals surface area contributed by atoms with Crippen molar-refractivity contribution < 1.29 is 14.3 Å². The minimum atomic E-state index is -0.567. The summed E-state index contributed by atoms with van der Waals surface area (Å²) in [5.41, 5.74) is 0.110. The lowest BCUT2D eigenvalue weighted by atomic mass is 10.00. The van der Waals surface area contributed by atoms with Gasteiger partial charge in [-0.15, -0.1) is 0 Å². The summed E-state index contributed by atoms with van der Waals surface area (Å²) in [7, 11) is 1.29. The molecule has 5 nitrogen and oxygen atoms in total. The number of ketones is 1. The maximum Gasteiger partial charge on any atom is 0.358 e. The second-order valence-electron chi connectivity index (χ2n) is 5.04. The van der Waals surface area contributed by atoms with E-state index in [-0.39, 0.29) is 11.5 Å². The summed E-state index contributed by atoms with van der Waals surface area (Å²) in [6.45, 7) is 6.59. The Kier molecular flexibility index (Phi) is 7.36. The SMILES string of the molecule is CCCCC(CC)CNc1nc(C(=O)OC)c(C(C)=O)s1. The zero-order chi connectivity index (χ0) is 15.8. The van der Waals surface area contributed by atoms with Gasteiger partial charge >= 0.3 is 5.97 Å². The van der Waals surface area contributed by atoms with Gasteiger partial charge < -0.3 is 10.1 Å². The van der Waals surface area contributed by atoms with E-state index in [1.54, 1.807) is 0 Å². The van der Waals surface area contributed by atoms with Gasteiger partial charge in [0.15, 0.2) is 16.6 Å². The van der Waals surface area contributed by atoms with Crippen molar-refractivity contribution >= 4 is 28.2 Å². The lowest BCUT2D eigenvalue weighted by Gasteiger charge is -2.14. The molecule has 0 spiro atoms. The Morgan fingerprint density at radius 1 is 1.38 bits per heavy atom. The van der Waals surface area contributed by atoms with Crippen molar-refractivity contribution in [3.63, 3.8) is 0 Å². The second kappa shape index (κ2) is 8.77. The molecule has 0 saturated carbocycles. The monoisotopic (exact) mass is 312 g/mol. The molecule has 0 amide bonds. The molecule has 21 heavy (non-hydrogen) atoms. The number of nitrogens with zero attached hydrogens (tertiary/aromatic N) is 1. The first kappa shape index (κ1) is 17.6. The Labute approximate surface area is 130 Å². The molecule has 0 aliphatic rings. The highest BCUT2D eigenvalue weighted by Crippen LogP contribution is 2.25. The van der Waals surface area contributed by atoms with Crippen molar-refractivity contribution in [2.24, 2.45) is 5.92 Å². The van der Waals surface area contributed by atoms with Crippen LogP contribution in [0.1, 0.15) is 66.6 Å². The first-order valence-corrected chi connectivity index (χ1v) is 8.19. The number of esters is 1. The Morgan fingerprint density at radius 2 is 2.10 bits per heavy atom. The van der Waals surface area contributed by atoms with Gasteiger partial charge in [0, 0.05) is 13.5 Å². The van der Waals surface area contributed by atoms with Crippen LogP contribution in [0.15, 0.2) is 0 Å². The van der Waals surface area contributed by atoms with Crippen LogP contribution in [0.3, 0.4) is 0 Å². The third kappa shape index (κ3) is 5.12. The summed E-state index contributed by atoms with van der Waals surface area (Å²) in [6, 6.07) is 0. The molecule has 1 aromatic heterocycles. The van der Waals surface area contributed by atoms with Crippen molar-refractivity contribution in [2.45, 2.75) is 46.5 Å². The number of methoxy groups -OCH3 is 1. The number of rotatable bonds is 9. The lowest BCUT2D eigenvalue weighted by Crippen LogP contribution is -2.13. The van der Waals surface area contributed by atoms with Crippen LogP contribution in [-0.2, 0) is 4.74 Å². The molecule has 1 rings (SSSR count). The van der Waals surface area contributed by atoms with E-state index in [0.29, 0.717) is 15.9 Å². The highest BCUT2D eigenvalue weighted by molar-refractivity contribution is 7.17. The summed E-state index contributed by atoms with van der Waals surface area (Å²) in [5.74, 6) is -0.155. The van der Waals surface area contributed by atoms with E-state index in [1.165, 1.54) is 44.6 Å². The van der Waals surface area contributed by atoms with Crippen molar-refractivity contribution in [3.8, 4) is 0 Å². The van der Waals surface area contributed by atoms with Gasteiger partial charge in [0.25, 0.3) is 0 Å². The first-order valence-electron chi connectivity index (χ1n) is 7.37. The number of anilines is 1. The predicted octanol–water partition coefficient (Wildman–Crippen LogP) is 3.76. The molecule has 1 aromatic rings. The number of ether oxygens (including phenoxy) is 1. The van der Waals surface area contributed by atoms with Gasteiger partial charge in [-0.2, -0.15) is 0 Å². The standard InChI is InChI=1S/C15H24N2O3S/c1-5-7-8-11(6-2)9-16-15-17-12(14(19)20-4)13(21-15)10(3)18/h11H,5-9H2,1-4H3,(H,16,17). The minimum absolute atomic E-state index is 0.110. The van der Waals surface area contributed by atoms with Gasteiger partial charge in [0.05, 0.1) is 7.11 Å². The molecule has 1 atom stereocenters. The van der Waals surface area contributed by atoms with Crippen molar-refractivity contribution in [1.29, 1.82) is 0 Å². The first-order chi connectivity index (χ1) is 10.0. The summed E-state index contributed by atoms with van der Waals surface area (Å²) in [6.07, 6.45) is 4.68. The van der Waals surface area contributed by atoms with Crippen molar-refractivity contribution in [1.82, 2.24) is 4.98 Å². The average Bonchev–Trinajstić information content (AvgIpc) is 2.91. The van der Waals surface area contributed by atoms with Gasteiger partial charge in [0.2, 0.25) is 0 Å². The molecule has 1 N–H and O–H groups in total. The zero-order valence-electron chi connectivity index (χ0n) is 13.2. The third-order valence-electron chi connectivity index (χ3n) is 3.41. The van der Waals surface area contributed by atoms with E-state index in [1.807, 2.05) is 0 Å². The molecule has 0 saturated heterocycles. The fourth-order valence-electron chi connectivity index (χ4n) is 2.04. The van der Waals surface area contributed by atoms with Gasteiger partial charge in [-0.1, -0.05) is 44.4 Å². The largest absolute Gasteiger partial charge is 0.464 e. The van der Waals surface area contributed by atoms with E-state index in [4.69, 9.17) is 0 Å². The van der Waals surface area contributed by atoms with E-state index < -0.39 is 5.97 Å². The maximum atomic E-state index is 11.6. The van der Waals surface area contributed by atoms with Crippen LogP contribution in [0, 0.1) is 5.92 Å². The average molecular weight is 312 g/mol. The van der Waals surface area contributed by atoms with Crippen LogP contribution in [0.25, 0.3) is 0 Å². The van der Waals surface area contributed by atoms with Crippen LogP contribution in [0.5, 0.6) is 0 Å². The van der Waals surface area contributed by atoms with E-state index >= 15 is 0 Å². The fraction of sp³-hybridized carbons (Fsp3) is 0.667. The molecular formula is C15H24N2O3S. The molecule has 118 valence electrons. The molecule has 0 aliphatic heterocycles. The number of Topliss-reactive ketones (excluding diaryl/α,β-unsaturated/α-hetero) is 1. The maximum absolute atomic E-state index is 11.6. The Balaban J connectivity index is 2.75. The molecule has 6 heteroatoms. The smallest absolute Gasteiger partial charge is 0.358 e. The van der Waals surface area contributed by atoms with Crippen LogP contribution in [-0.4, -0.2) is 30.4 Å². The normalized spacial score (nSPS) is 12.0. The van der Waals surface area contributed by atoms with E-state index in [0.717, 1.165) is 13.0 Å². The van der Waals surface area contributed by atoms with E-state index in [2.05, 4.69) is 28.9 Å². The third-order valence-corrected chi connectivity index (χ3v) is 4.52.